The molecule has 9 heteroatoms. The van der Waals surface area contributed by atoms with Gasteiger partial charge in [-0.3, -0.25) is 9.69 Å². The van der Waals surface area contributed by atoms with Gasteiger partial charge >= 0.3 is 5.97 Å². The predicted octanol–water partition coefficient (Wildman–Crippen LogP) is 6.52. The second kappa shape index (κ2) is 21.8. The fourth-order valence-electron chi connectivity index (χ4n) is 3.57. The average Bonchev–Trinajstić information content (AvgIpc) is 3.86. The lowest BCUT2D eigenvalue weighted by Gasteiger charge is -2.13. The number of ether oxygens (including phenoxy) is 1. The Labute approximate surface area is 251 Å². The first-order valence-electron chi connectivity index (χ1n) is 13.0. The minimum atomic E-state index is -0.616. The van der Waals surface area contributed by atoms with Crippen molar-refractivity contribution in [3.8, 4) is 0 Å². The minimum absolute atomic E-state index is 0.437. The zero-order valence-corrected chi connectivity index (χ0v) is 26.1. The van der Waals surface area contributed by atoms with Gasteiger partial charge in [-0.15, -0.1) is 11.8 Å². The van der Waals surface area contributed by atoms with Crippen molar-refractivity contribution in [1.82, 2.24) is 10.2 Å². The number of carbonyl (C=O) groups excluding carboxylic acids is 2. The van der Waals surface area contributed by atoms with E-state index >= 15 is 0 Å². The van der Waals surface area contributed by atoms with Crippen LogP contribution in [0.15, 0.2) is 83.0 Å². The summed E-state index contributed by atoms with van der Waals surface area (Å²) in [5.41, 5.74) is 3.50. The third-order valence-electron chi connectivity index (χ3n) is 5.70. The van der Waals surface area contributed by atoms with Gasteiger partial charge in [0, 0.05) is 25.7 Å². The molecule has 0 bridgehead atoms. The third-order valence-corrected chi connectivity index (χ3v) is 7.59. The fraction of sp³-hybridized carbons (Fsp3) is 0.355. The Kier molecular flexibility index (Phi) is 19.1. The number of methoxy groups -OCH3 is 1. The van der Waals surface area contributed by atoms with E-state index in [9.17, 15) is 9.59 Å². The monoisotopic (exact) mass is 628 g/mol. The maximum atomic E-state index is 11.3. The molecule has 1 unspecified atom stereocenters. The molecule has 3 aromatic carbocycles. The molecule has 0 radical (unpaired) electrons. The van der Waals surface area contributed by atoms with Crippen molar-refractivity contribution in [1.29, 1.82) is 0 Å². The molecule has 0 spiro atoms. The number of amides is 1. The second-order valence-electron chi connectivity index (χ2n) is 8.77. The lowest BCUT2D eigenvalue weighted by Crippen LogP contribution is -2.38. The fourth-order valence-corrected chi connectivity index (χ4v) is 4.56. The molecular weight excluding hydrogens is 588 g/mol. The van der Waals surface area contributed by atoms with E-state index < -0.39 is 12.0 Å². The summed E-state index contributed by atoms with van der Waals surface area (Å²) >= 11 is 5.29. The van der Waals surface area contributed by atoms with Crippen LogP contribution in [-0.4, -0.2) is 68.0 Å². The number of hydrogen-bond donors (Lipinski definition) is 1. The largest absolute Gasteiger partial charge is 0.467 e. The van der Waals surface area contributed by atoms with E-state index in [4.69, 9.17) is 0 Å². The van der Waals surface area contributed by atoms with Crippen LogP contribution in [0.1, 0.15) is 36.8 Å². The lowest BCUT2D eigenvalue weighted by molar-refractivity contribution is -0.144. The van der Waals surface area contributed by atoms with E-state index in [0.717, 1.165) is 22.8 Å². The SMILES string of the molecule is C=NN=C.CCSCN(C)CBr.COC(=O)C(Cc1ccccc1)NC=O.c1ccc2c(C3CC3)cccc2c1. The van der Waals surface area contributed by atoms with Gasteiger partial charge in [-0.05, 0) is 53.5 Å². The molecule has 7 nitrogen and oxygen atoms in total. The van der Waals surface area contributed by atoms with Gasteiger partial charge in [0.1, 0.15) is 6.04 Å². The Morgan fingerprint density at radius 3 is 2.27 bits per heavy atom. The molecule has 40 heavy (non-hydrogen) atoms. The number of halogens is 1. The highest BCUT2D eigenvalue weighted by Gasteiger charge is 2.24. The summed E-state index contributed by atoms with van der Waals surface area (Å²) in [5.74, 6) is 2.75. The third kappa shape index (κ3) is 14.4. The number of thioether (sulfide) groups is 1. The smallest absolute Gasteiger partial charge is 0.328 e. The van der Waals surface area contributed by atoms with Crippen molar-refractivity contribution in [3.63, 3.8) is 0 Å². The highest BCUT2D eigenvalue weighted by molar-refractivity contribution is 9.09. The van der Waals surface area contributed by atoms with Crippen molar-refractivity contribution >= 4 is 64.3 Å². The minimum Gasteiger partial charge on any atom is -0.467 e. The Balaban J connectivity index is 0.000000292. The van der Waals surface area contributed by atoms with Gasteiger partial charge in [-0.1, -0.05) is 95.7 Å². The van der Waals surface area contributed by atoms with Gasteiger partial charge in [0.05, 0.1) is 12.6 Å². The number of esters is 1. The Hall–Kier alpha value is -3.01. The highest BCUT2D eigenvalue weighted by Crippen LogP contribution is 2.42. The first kappa shape index (κ1) is 35.0. The first-order valence-corrected chi connectivity index (χ1v) is 15.3. The summed E-state index contributed by atoms with van der Waals surface area (Å²) in [6, 6.07) is 24.1. The van der Waals surface area contributed by atoms with E-state index in [2.05, 4.69) is 111 Å². The van der Waals surface area contributed by atoms with Gasteiger partial charge in [0.25, 0.3) is 0 Å². The van der Waals surface area contributed by atoms with Gasteiger partial charge in [0.2, 0.25) is 6.41 Å². The van der Waals surface area contributed by atoms with E-state index in [1.54, 1.807) is 5.56 Å². The maximum Gasteiger partial charge on any atom is 0.328 e. The number of hydrogen-bond acceptors (Lipinski definition) is 7. The highest BCUT2D eigenvalue weighted by atomic mass is 79.9. The summed E-state index contributed by atoms with van der Waals surface area (Å²) < 4.78 is 4.58. The van der Waals surface area contributed by atoms with Gasteiger partial charge in [0.15, 0.2) is 0 Å². The topological polar surface area (TPSA) is 83.4 Å². The van der Waals surface area contributed by atoms with E-state index in [0.29, 0.717) is 12.8 Å². The molecule has 1 aliphatic carbocycles. The standard InChI is InChI=1S/C13H12.C11H13NO3.C5H12BrNS.C2H4N2/c1-2-6-12-10(4-1)5-3-7-13(12)11-8-9-11;1-15-11(14)10(12-8-13)7-9-5-3-2-4-6-9;1-3-8-5-7(2)4-6;1-3-4-2/h1-7,11H,8-9H2;2-6,8,10H,7H2,1H3,(H,12,13);3-5H2,1-2H3;1-2H2. The summed E-state index contributed by atoms with van der Waals surface area (Å²) in [6.45, 7) is 8.17. The van der Waals surface area contributed by atoms with Crippen molar-refractivity contribution in [2.45, 2.75) is 38.1 Å². The van der Waals surface area contributed by atoms with Crippen molar-refractivity contribution in [2.24, 2.45) is 10.2 Å². The molecule has 0 heterocycles. The average molecular weight is 630 g/mol. The van der Waals surface area contributed by atoms with E-state index in [1.807, 2.05) is 42.1 Å². The van der Waals surface area contributed by atoms with Crippen molar-refractivity contribution in [2.75, 3.05) is 31.2 Å². The lowest BCUT2D eigenvalue weighted by atomic mass is 10.0. The molecule has 3 aromatic rings. The predicted molar refractivity (Wildman–Crippen MR) is 175 cm³/mol. The zero-order chi connectivity index (χ0) is 29.6. The molecule has 0 saturated heterocycles. The Morgan fingerprint density at radius 1 is 1.10 bits per heavy atom. The maximum absolute atomic E-state index is 11.3. The number of rotatable bonds is 11. The number of alkyl halides is 1. The van der Waals surface area contributed by atoms with Crippen LogP contribution in [0.4, 0.5) is 0 Å². The summed E-state index contributed by atoms with van der Waals surface area (Å²) in [7, 11) is 3.39. The van der Waals surface area contributed by atoms with Crippen LogP contribution < -0.4 is 5.32 Å². The summed E-state index contributed by atoms with van der Waals surface area (Å²) in [4.78, 5) is 23.8. The van der Waals surface area contributed by atoms with Gasteiger partial charge < -0.3 is 10.1 Å². The van der Waals surface area contributed by atoms with Gasteiger partial charge in [-0.2, -0.15) is 10.2 Å². The van der Waals surface area contributed by atoms with E-state index in [-0.39, 0.29) is 0 Å². The van der Waals surface area contributed by atoms with E-state index in [1.165, 1.54) is 36.5 Å². The van der Waals surface area contributed by atoms with Crippen LogP contribution >= 0.6 is 27.7 Å². The van der Waals surface area contributed by atoms with Crippen molar-refractivity contribution < 1.29 is 14.3 Å². The molecule has 1 amide bonds. The van der Waals surface area contributed by atoms with Crippen LogP contribution in [0.3, 0.4) is 0 Å². The van der Waals surface area contributed by atoms with Crippen LogP contribution in [0, 0.1) is 0 Å². The van der Waals surface area contributed by atoms with Crippen LogP contribution in [-0.2, 0) is 20.7 Å². The molecule has 1 fully saturated rings. The zero-order valence-electron chi connectivity index (χ0n) is 23.7. The first-order chi connectivity index (χ1) is 19.4. The van der Waals surface area contributed by atoms with Crippen LogP contribution in [0.5, 0.6) is 0 Å². The van der Waals surface area contributed by atoms with Crippen molar-refractivity contribution in [3.05, 3.63) is 83.9 Å². The Morgan fingerprint density at radius 2 is 1.73 bits per heavy atom. The molecule has 0 aliphatic heterocycles. The second-order valence-corrected chi connectivity index (χ2v) is 10.5. The summed E-state index contributed by atoms with van der Waals surface area (Å²) in [6.07, 6.45) is 3.71. The molecule has 216 valence electrons. The normalized spacial score (nSPS) is 12.2. The molecule has 1 saturated carbocycles. The number of carbonyl (C=O) groups is 2. The van der Waals surface area contributed by atoms with Crippen LogP contribution in [0.2, 0.25) is 0 Å². The number of nitrogens with one attached hydrogen (secondary N) is 1. The molecule has 4 rings (SSSR count). The molecule has 1 atom stereocenters. The molecule has 1 N–H and O–H groups in total. The van der Waals surface area contributed by atoms with Gasteiger partial charge in [-0.25, -0.2) is 4.79 Å². The number of fused-ring (bicyclic) bond motifs is 1. The number of benzene rings is 3. The summed E-state index contributed by atoms with van der Waals surface area (Å²) in [5, 5.41) is 11.3. The quantitative estimate of drug-likeness (QED) is 0.0497. The number of nitrogens with zero attached hydrogens (tertiary/aromatic N) is 3. The van der Waals surface area contributed by atoms with Crippen LogP contribution in [0.25, 0.3) is 10.8 Å². The molecule has 1 aliphatic rings. The Bertz CT molecular complexity index is 1130. The molecular formula is C31H41BrN4O3S. The molecule has 0 aromatic heterocycles.